The van der Waals surface area contributed by atoms with Crippen LogP contribution in [0.15, 0.2) is 18.2 Å². The Labute approximate surface area is 115 Å². The van der Waals surface area contributed by atoms with Gasteiger partial charge in [0.1, 0.15) is 0 Å². The number of amides is 1. The summed E-state index contributed by atoms with van der Waals surface area (Å²) in [5.41, 5.74) is 1.84. The molecule has 1 unspecified atom stereocenters. The Morgan fingerprint density at radius 3 is 2.85 bits per heavy atom. The summed E-state index contributed by atoms with van der Waals surface area (Å²) in [4.78, 5) is 25.0. The highest BCUT2D eigenvalue weighted by atomic mass is 16.6. The standard InChI is InChI=1S/C14H15NO5/c16-13(12-8-19-5-6-20-12)15-4-3-9-1-2-10(14(17)18)7-11(9)15/h1-2,7,12H,3-6,8H2,(H,17,18). The van der Waals surface area contributed by atoms with Crippen LogP contribution in [-0.2, 0) is 20.7 Å². The molecule has 1 fully saturated rings. The summed E-state index contributed by atoms with van der Waals surface area (Å²) in [5.74, 6) is -1.16. The van der Waals surface area contributed by atoms with Crippen LogP contribution in [0.2, 0.25) is 0 Å². The van der Waals surface area contributed by atoms with E-state index in [-0.39, 0.29) is 18.1 Å². The van der Waals surface area contributed by atoms with E-state index in [0.717, 1.165) is 12.0 Å². The Morgan fingerprint density at radius 2 is 2.15 bits per heavy atom. The van der Waals surface area contributed by atoms with Crippen molar-refractivity contribution >= 4 is 17.6 Å². The van der Waals surface area contributed by atoms with E-state index in [0.29, 0.717) is 25.4 Å². The lowest BCUT2D eigenvalue weighted by atomic mass is 10.1. The van der Waals surface area contributed by atoms with Crippen molar-refractivity contribution in [2.75, 3.05) is 31.3 Å². The highest BCUT2D eigenvalue weighted by Crippen LogP contribution is 2.30. The van der Waals surface area contributed by atoms with Gasteiger partial charge < -0.3 is 19.5 Å². The Hall–Kier alpha value is -1.92. The quantitative estimate of drug-likeness (QED) is 0.860. The van der Waals surface area contributed by atoms with Gasteiger partial charge in [-0.3, -0.25) is 4.79 Å². The van der Waals surface area contributed by atoms with E-state index < -0.39 is 12.1 Å². The first-order valence-corrected chi connectivity index (χ1v) is 6.54. The fourth-order valence-electron chi connectivity index (χ4n) is 2.55. The third-order valence-electron chi connectivity index (χ3n) is 3.59. The third kappa shape index (κ3) is 2.28. The van der Waals surface area contributed by atoms with Crippen LogP contribution in [0.5, 0.6) is 0 Å². The van der Waals surface area contributed by atoms with Gasteiger partial charge in [0.25, 0.3) is 5.91 Å². The molecule has 3 rings (SSSR count). The largest absolute Gasteiger partial charge is 0.478 e. The molecule has 0 bridgehead atoms. The monoisotopic (exact) mass is 277 g/mol. The van der Waals surface area contributed by atoms with Crippen molar-refractivity contribution in [3.63, 3.8) is 0 Å². The maximum absolute atomic E-state index is 12.4. The van der Waals surface area contributed by atoms with Crippen molar-refractivity contribution in [3.8, 4) is 0 Å². The molecule has 6 nitrogen and oxygen atoms in total. The zero-order chi connectivity index (χ0) is 14.1. The zero-order valence-electron chi connectivity index (χ0n) is 10.9. The van der Waals surface area contributed by atoms with Gasteiger partial charge in [0, 0.05) is 12.2 Å². The normalized spacial score (nSPS) is 21.6. The zero-order valence-corrected chi connectivity index (χ0v) is 10.9. The second-order valence-electron chi connectivity index (χ2n) is 4.82. The van der Waals surface area contributed by atoms with Crippen LogP contribution in [0.25, 0.3) is 0 Å². The van der Waals surface area contributed by atoms with Gasteiger partial charge in [0.05, 0.1) is 25.4 Å². The van der Waals surface area contributed by atoms with Crippen LogP contribution in [0.3, 0.4) is 0 Å². The van der Waals surface area contributed by atoms with Crippen LogP contribution in [0.1, 0.15) is 15.9 Å². The molecular weight excluding hydrogens is 262 g/mol. The minimum atomic E-state index is -0.996. The van der Waals surface area contributed by atoms with Crippen LogP contribution >= 0.6 is 0 Å². The van der Waals surface area contributed by atoms with Crippen LogP contribution in [-0.4, -0.2) is 49.5 Å². The molecule has 20 heavy (non-hydrogen) atoms. The molecule has 6 heteroatoms. The van der Waals surface area contributed by atoms with Gasteiger partial charge in [-0.15, -0.1) is 0 Å². The van der Waals surface area contributed by atoms with Crippen LogP contribution < -0.4 is 4.90 Å². The van der Waals surface area contributed by atoms with Gasteiger partial charge in [0.2, 0.25) is 0 Å². The first kappa shape index (κ1) is 13.1. The molecule has 2 aliphatic rings. The molecule has 0 saturated carbocycles. The summed E-state index contributed by atoms with van der Waals surface area (Å²) >= 11 is 0. The summed E-state index contributed by atoms with van der Waals surface area (Å²) in [6, 6.07) is 4.88. The molecule has 1 aromatic carbocycles. The fraction of sp³-hybridized carbons (Fsp3) is 0.429. The lowest BCUT2D eigenvalue weighted by Gasteiger charge is -2.27. The number of carbonyl (C=O) groups is 2. The van der Waals surface area contributed by atoms with E-state index in [2.05, 4.69) is 0 Å². The molecule has 0 radical (unpaired) electrons. The summed E-state index contributed by atoms with van der Waals surface area (Å²) in [6.07, 6.45) is 0.136. The predicted octanol–water partition coefficient (Wildman–Crippen LogP) is 0.689. The summed E-state index contributed by atoms with van der Waals surface area (Å²) < 4.78 is 10.7. The summed E-state index contributed by atoms with van der Waals surface area (Å²) in [7, 11) is 0. The molecule has 1 N–H and O–H groups in total. The number of carboxylic acid groups (broad SMARTS) is 1. The van der Waals surface area contributed by atoms with E-state index >= 15 is 0 Å². The lowest BCUT2D eigenvalue weighted by Crippen LogP contribution is -2.44. The number of hydrogen-bond donors (Lipinski definition) is 1. The first-order valence-electron chi connectivity index (χ1n) is 6.54. The van der Waals surface area contributed by atoms with Gasteiger partial charge in [-0.05, 0) is 24.1 Å². The Kier molecular flexibility index (Phi) is 3.42. The number of fused-ring (bicyclic) bond motifs is 1. The number of hydrogen-bond acceptors (Lipinski definition) is 4. The topological polar surface area (TPSA) is 76.1 Å². The van der Waals surface area contributed by atoms with E-state index in [4.69, 9.17) is 14.6 Å². The molecular formula is C14H15NO5. The van der Waals surface area contributed by atoms with Crippen LogP contribution in [0, 0.1) is 0 Å². The van der Waals surface area contributed by atoms with E-state index in [1.807, 2.05) is 0 Å². The molecule has 0 aliphatic carbocycles. The number of benzene rings is 1. The Balaban J connectivity index is 1.85. The second-order valence-corrected chi connectivity index (χ2v) is 4.82. The van der Waals surface area contributed by atoms with Crippen molar-refractivity contribution in [1.29, 1.82) is 0 Å². The number of aromatic carboxylic acids is 1. The van der Waals surface area contributed by atoms with Gasteiger partial charge in [-0.1, -0.05) is 6.07 Å². The molecule has 2 aliphatic heterocycles. The van der Waals surface area contributed by atoms with Gasteiger partial charge in [0.15, 0.2) is 6.10 Å². The average Bonchev–Trinajstić information content (AvgIpc) is 2.90. The number of carbonyl (C=O) groups excluding carboxylic acids is 1. The molecule has 1 aromatic rings. The highest BCUT2D eigenvalue weighted by molar-refractivity contribution is 6.00. The number of ether oxygens (including phenoxy) is 2. The third-order valence-corrected chi connectivity index (χ3v) is 3.59. The van der Waals surface area contributed by atoms with Crippen molar-refractivity contribution in [3.05, 3.63) is 29.3 Å². The van der Waals surface area contributed by atoms with E-state index in [9.17, 15) is 9.59 Å². The fourth-order valence-corrected chi connectivity index (χ4v) is 2.55. The molecule has 1 saturated heterocycles. The molecule has 1 amide bonds. The number of carboxylic acids is 1. The van der Waals surface area contributed by atoms with E-state index in [1.54, 1.807) is 23.1 Å². The number of nitrogens with zero attached hydrogens (tertiary/aromatic N) is 1. The number of anilines is 1. The number of rotatable bonds is 2. The first-order chi connectivity index (χ1) is 9.66. The maximum atomic E-state index is 12.4. The van der Waals surface area contributed by atoms with Crippen LogP contribution in [0.4, 0.5) is 5.69 Å². The second kappa shape index (κ2) is 5.22. The molecule has 106 valence electrons. The highest BCUT2D eigenvalue weighted by Gasteiger charge is 2.32. The smallest absolute Gasteiger partial charge is 0.335 e. The van der Waals surface area contributed by atoms with Gasteiger partial charge in [-0.2, -0.15) is 0 Å². The maximum Gasteiger partial charge on any atom is 0.335 e. The van der Waals surface area contributed by atoms with Gasteiger partial charge >= 0.3 is 5.97 Å². The Bertz CT molecular complexity index is 550. The van der Waals surface area contributed by atoms with E-state index in [1.165, 1.54) is 0 Å². The molecule has 1 atom stereocenters. The van der Waals surface area contributed by atoms with Gasteiger partial charge in [-0.25, -0.2) is 4.79 Å². The van der Waals surface area contributed by atoms with Crippen molar-refractivity contribution in [2.45, 2.75) is 12.5 Å². The summed E-state index contributed by atoms with van der Waals surface area (Å²) in [5, 5.41) is 9.04. The minimum absolute atomic E-state index is 0.161. The Morgan fingerprint density at radius 1 is 1.30 bits per heavy atom. The van der Waals surface area contributed by atoms with Crippen molar-refractivity contribution < 1.29 is 24.2 Å². The SMILES string of the molecule is O=C(O)c1ccc2c(c1)N(C(=O)C1COCCO1)CC2. The molecule has 2 heterocycles. The van der Waals surface area contributed by atoms with Crippen molar-refractivity contribution in [2.24, 2.45) is 0 Å². The van der Waals surface area contributed by atoms with Crippen molar-refractivity contribution in [1.82, 2.24) is 0 Å². The molecule has 0 spiro atoms. The minimum Gasteiger partial charge on any atom is -0.478 e. The lowest BCUT2D eigenvalue weighted by molar-refractivity contribution is -0.144. The summed E-state index contributed by atoms with van der Waals surface area (Å²) in [6.45, 7) is 1.72. The molecule has 0 aromatic heterocycles. The average molecular weight is 277 g/mol. The predicted molar refractivity (Wildman–Crippen MR) is 70.0 cm³/mol.